The molecule has 2 aromatic carbocycles. The number of likely N-dealkylation sites (tertiary alicyclic amines) is 1. The number of hydrogen-bond acceptors (Lipinski definition) is 4. The Hall–Kier alpha value is -2.93. The molecule has 2 aliphatic heterocycles. The number of nitrogens with zero attached hydrogens (tertiary/aromatic N) is 4. The van der Waals surface area contributed by atoms with Crippen molar-refractivity contribution in [3.8, 4) is 5.69 Å². The second kappa shape index (κ2) is 11.2. The summed E-state index contributed by atoms with van der Waals surface area (Å²) in [6.07, 6.45) is 7.28. The highest BCUT2D eigenvalue weighted by molar-refractivity contribution is 6.30. The van der Waals surface area contributed by atoms with Gasteiger partial charge in [-0.3, -0.25) is 9.69 Å². The number of rotatable bonds is 6. The van der Waals surface area contributed by atoms with Crippen molar-refractivity contribution >= 4 is 29.7 Å². The van der Waals surface area contributed by atoms with Crippen LogP contribution in [0, 0.1) is 13.8 Å². The normalized spacial score (nSPS) is 18.8. The number of halogens is 1. The van der Waals surface area contributed by atoms with E-state index in [0.717, 1.165) is 84.4 Å². The molecule has 0 spiro atoms. The fourth-order valence-electron chi connectivity index (χ4n) is 5.54. The third-order valence-corrected chi connectivity index (χ3v) is 8.00. The van der Waals surface area contributed by atoms with Gasteiger partial charge in [-0.1, -0.05) is 48.0 Å². The molecule has 0 bridgehead atoms. The summed E-state index contributed by atoms with van der Waals surface area (Å²) < 4.78 is 7.42. The first-order valence-electron chi connectivity index (χ1n) is 13.1. The lowest BCUT2D eigenvalue weighted by Gasteiger charge is -2.35. The average molecular weight is 519 g/mol. The topological polar surface area (TPSA) is 50.6 Å². The van der Waals surface area contributed by atoms with Gasteiger partial charge >= 0.3 is 0 Å². The number of carbonyl (C=O) groups is 1. The highest BCUT2D eigenvalue weighted by atomic mass is 35.5. The standard InChI is InChI=1S/C30H35ClN4O2/c1-21-29(30(36)34-16-13-28(20-34)33(3)26-14-17-37-18-15-26)22(2)35(32-21)27-6-4-5-24(19-27)8-7-23-9-11-25(31)12-10-23/h4-12,19,26,28H,13-18,20H2,1-3H3/t28-/m1/s1. The summed E-state index contributed by atoms with van der Waals surface area (Å²) >= 11 is 6.00. The van der Waals surface area contributed by atoms with Crippen LogP contribution in [0.25, 0.3) is 17.8 Å². The lowest BCUT2D eigenvalue weighted by atomic mass is 10.1. The highest BCUT2D eigenvalue weighted by Gasteiger charge is 2.34. The summed E-state index contributed by atoms with van der Waals surface area (Å²) in [5, 5.41) is 5.50. The minimum Gasteiger partial charge on any atom is -0.381 e. The molecule has 0 N–H and O–H groups in total. The third kappa shape index (κ3) is 5.66. The third-order valence-electron chi connectivity index (χ3n) is 7.75. The smallest absolute Gasteiger partial charge is 0.257 e. The Kier molecular flexibility index (Phi) is 7.79. The lowest BCUT2D eigenvalue weighted by Crippen LogP contribution is -2.44. The van der Waals surface area contributed by atoms with Crippen molar-refractivity contribution in [1.82, 2.24) is 19.6 Å². The quantitative estimate of drug-likeness (QED) is 0.396. The number of likely N-dealkylation sites (N-methyl/N-ethyl adjacent to an activating group) is 1. The van der Waals surface area contributed by atoms with Gasteiger partial charge in [0.05, 0.1) is 22.6 Å². The Morgan fingerprint density at radius 2 is 1.76 bits per heavy atom. The first kappa shape index (κ1) is 25.7. The van der Waals surface area contributed by atoms with E-state index in [0.29, 0.717) is 12.1 Å². The van der Waals surface area contributed by atoms with E-state index in [1.54, 1.807) is 0 Å². The number of amides is 1. The van der Waals surface area contributed by atoms with E-state index in [2.05, 4.69) is 36.2 Å². The molecule has 0 unspecified atom stereocenters. The van der Waals surface area contributed by atoms with Crippen molar-refractivity contribution < 1.29 is 9.53 Å². The molecule has 0 saturated carbocycles. The summed E-state index contributed by atoms with van der Waals surface area (Å²) in [6.45, 7) is 7.14. The summed E-state index contributed by atoms with van der Waals surface area (Å²) in [5.74, 6) is 0.0860. The van der Waals surface area contributed by atoms with Crippen LogP contribution in [0.5, 0.6) is 0 Å². The Morgan fingerprint density at radius 3 is 2.51 bits per heavy atom. The zero-order valence-corrected chi connectivity index (χ0v) is 22.6. The summed E-state index contributed by atoms with van der Waals surface area (Å²) in [7, 11) is 2.21. The van der Waals surface area contributed by atoms with Gasteiger partial charge in [0.25, 0.3) is 5.91 Å². The second-order valence-corrected chi connectivity index (χ2v) is 10.6. The fourth-order valence-corrected chi connectivity index (χ4v) is 5.66. The minimum atomic E-state index is 0.0860. The molecule has 3 aromatic rings. The van der Waals surface area contributed by atoms with Gasteiger partial charge < -0.3 is 9.64 Å². The Morgan fingerprint density at radius 1 is 1.03 bits per heavy atom. The zero-order chi connectivity index (χ0) is 25.9. The van der Waals surface area contributed by atoms with Crippen molar-refractivity contribution in [2.45, 2.75) is 45.2 Å². The number of carbonyl (C=O) groups excluding carboxylic acids is 1. The van der Waals surface area contributed by atoms with Crippen molar-refractivity contribution in [3.05, 3.63) is 81.6 Å². The van der Waals surface area contributed by atoms with Crippen molar-refractivity contribution in [2.75, 3.05) is 33.4 Å². The van der Waals surface area contributed by atoms with Gasteiger partial charge in [0.15, 0.2) is 0 Å². The average Bonchev–Trinajstić information content (AvgIpc) is 3.53. The maximum atomic E-state index is 13.6. The number of ether oxygens (including phenoxy) is 1. The molecule has 1 aromatic heterocycles. The molecule has 0 radical (unpaired) electrons. The molecule has 2 aliphatic rings. The van der Waals surface area contributed by atoms with Crippen LogP contribution >= 0.6 is 11.6 Å². The lowest BCUT2D eigenvalue weighted by molar-refractivity contribution is 0.0295. The van der Waals surface area contributed by atoms with Gasteiger partial charge in [0.1, 0.15) is 0 Å². The number of benzene rings is 2. The van der Waals surface area contributed by atoms with E-state index in [1.165, 1.54) is 0 Å². The SMILES string of the molecule is Cc1nn(-c2cccc(C=Cc3ccc(Cl)cc3)c2)c(C)c1C(=O)N1CC[C@@H](N(C)C2CCOCC2)C1. The van der Waals surface area contributed by atoms with Crippen LogP contribution in [0.4, 0.5) is 0 Å². The van der Waals surface area contributed by atoms with E-state index in [4.69, 9.17) is 21.4 Å². The Labute approximate surface area is 224 Å². The molecular weight excluding hydrogens is 484 g/mol. The van der Waals surface area contributed by atoms with Crippen LogP contribution in [0.2, 0.25) is 5.02 Å². The van der Waals surface area contributed by atoms with Crippen LogP contribution in [-0.2, 0) is 4.74 Å². The molecule has 5 rings (SSSR count). The zero-order valence-electron chi connectivity index (χ0n) is 21.9. The maximum absolute atomic E-state index is 13.6. The van der Waals surface area contributed by atoms with E-state index in [9.17, 15) is 4.79 Å². The van der Waals surface area contributed by atoms with Crippen LogP contribution < -0.4 is 0 Å². The van der Waals surface area contributed by atoms with Gasteiger partial charge in [-0.2, -0.15) is 5.10 Å². The van der Waals surface area contributed by atoms with Gasteiger partial charge in [0.2, 0.25) is 0 Å². The molecule has 6 nitrogen and oxygen atoms in total. The molecule has 7 heteroatoms. The van der Waals surface area contributed by atoms with Gasteiger partial charge in [-0.15, -0.1) is 0 Å². The molecule has 1 atom stereocenters. The largest absolute Gasteiger partial charge is 0.381 e. The van der Waals surface area contributed by atoms with E-state index < -0.39 is 0 Å². The minimum absolute atomic E-state index is 0.0860. The van der Waals surface area contributed by atoms with E-state index >= 15 is 0 Å². The van der Waals surface area contributed by atoms with Crippen molar-refractivity contribution in [3.63, 3.8) is 0 Å². The molecule has 2 saturated heterocycles. The van der Waals surface area contributed by atoms with Crippen LogP contribution in [0.15, 0.2) is 48.5 Å². The summed E-state index contributed by atoms with van der Waals surface area (Å²) in [6, 6.07) is 16.9. The predicted octanol–water partition coefficient (Wildman–Crippen LogP) is 5.64. The van der Waals surface area contributed by atoms with Gasteiger partial charge in [-0.05, 0) is 75.5 Å². The number of aromatic nitrogens is 2. The molecule has 194 valence electrons. The predicted molar refractivity (Wildman–Crippen MR) is 149 cm³/mol. The van der Waals surface area contributed by atoms with E-state index in [1.807, 2.05) is 59.8 Å². The summed E-state index contributed by atoms with van der Waals surface area (Å²) in [4.78, 5) is 18.1. The number of hydrogen-bond donors (Lipinski definition) is 0. The summed E-state index contributed by atoms with van der Waals surface area (Å²) in [5.41, 5.74) is 5.45. The first-order chi connectivity index (χ1) is 17.9. The van der Waals surface area contributed by atoms with E-state index in [-0.39, 0.29) is 5.91 Å². The molecule has 1 amide bonds. The van der Waals surface area contributed by atoms with Crippen LogP contribution in [-0.4, -0.2) is 70.9 Å². The molecule has 37 heavy (non-hydrogen) atoms. The maximum Gasteiger partial charge on any atom is 0.257 e. The molecule has 2 fully saturated rings. The van der Waals surface area contributed by atoms with Gasteiger partial charge in [-0.25, -0.2) is 4.68 Å². The van der Waals surface area contributed by atoms with Gasteiger partial charge in [0, 0.05) is 43.4 Å². The Balaban J connectivity index is 1.31. The molecular formula is C30H35ClN4O2. The molecule has 3 heterocycles. The van der Waals surface area contributed by atoms with Crippen LogP contribution in [0.1, 0.15) is 52.1 Å². The number of aryl methyl sites for hydroxylation is 1. The van der Waals surface area contributed by atoms with Crippen LogP contribution in [0.3, 0.4) is 0 Å². The Bertz CT molecular complexity index is 1280. The monoisotopic (exact) mass is 518 g/mol. The highest BCUT2D eigenvalue weighted by Crippen LogP contribution is 2.26. The van der Waals surface area contributed by atoms with Crippen molar-refractivity contribution in [1.29, 1.82) is 0 Å². The first-order valence-corrected chi connectivity index (χ1v) is 13.5. The molecule has 0 aliphatic carbocycles. The second-order valence-electron chi connectivity index (χ2n) is 10.1. The fraction of sp³-hybridized carbons (Fsp3) is 0.400. The van der Waals surface area contributed by atoms with Crippen molar-refractivity contribution in [2.24, 2.45) is 0 Å².